The van der Waals surface area contributed by atoms with Crippen molar-refractivity contribution >= 4 is 28.3 Å². The van der Waals surface area contributed by atoms with E-state index in [2.05, 4.69) is 10.0 Å². The topological polar surface area (TPSA) is 78.5 Å². The maximum absolute atomic E-state index is 12.3. The first kappa shape index (κ1) is 18.9. The second-order valence-electron chi connectivity index (χ2n) is 4.96. The summed E-state index contributed by atoms with van der Waals surface area (Å²) in [5.74, 6) is 0.0872. The highest BCUT2D eigenvalue weighted by atomic mass is 35.5. The summed E-state index contributed by atoms with van der Waals surface area (Å²) in [7, 11) is -3.19. The predicted octanol–water partition coefficient (Wildman–Crippen LogP) is 0.593. The lowest BCUT2D eigenvalue weighted by Crippen LogP contribution is -2.46. The normalized spacial score (nSPS) is 15.2. The number of benzene rings is 1. The zero-order valence-corrected chi connectivity index (χ0v) is 14.2. The van der Waals surface area contributed by atoms with Crippen molar-refractivity contribution in [1.82, 2.24) is 14.9 Å². The number of nitrogens with one attached hydrogen (secondary N) is 2. The largest absolute Gasteiger partial charge is 0.336 e. The van der Waals surface area contributed by atoms with Crippen LogP contribution in [0.2, 0.25) is 0 Å². The first-order valence-corrected chi connectivity index (χ1v) is 8.73. The van der Waals surface area contributed by atoms with E-state index >= 15 is 0 Å². The van der Waals surface area contributed by atoms with E-state index in [4.69, 9.17) is 0 Å². The van der Waals surface area contributed by atoms with Gasteiger partial charge in [0, 0.05) is 38.3 Å². The number of amides is 1. The van der Waals surface area contributed by atoms with Gasteiger partial charge in [-0.15, -0.1) is 12.4 Å². The third-order valence-corrected chi connectivity index (χ3v) is 4.83. The lowest BCUT2D eigenvalue weighted by Gasteiger charge is -2.27. The molecular formula is C14H22ClN3O3S. The zero-order chi connectivity index (χ0) is 15.3. The number of nitrogens with zero attached hydrogens (tertiary/aromatic N) is 1. The summed E-state index contributed by atoms with van der Waals surface area (Å²) in [6.45, 7) is 4.93. The maximum Gasteiger partial charge on any atom is 0.253 e. The number of rotatable bonds is 5. The molecule has 1 aromatic carbocycles. The molecule has 1 aliphatic rings. The van der Waals surface area contributed by atoms with Crippen molar-refractivity contribution < 1.29 is 13.2 Å². The number of hydrogen-bond donors (Lipinski definition) is 2. The van der Waals surface area contributed by atoms with Crippen molar-refractivity contribution in [3.05, 3.63) is 35.4 Å². The van der Waals surface area contributed by atoms with E-state index in [9.17, 15) is 13.2 Å². The van der Waals surface area contributed by atoms with Gasteiger partial charge in [0.2, 0.25) is 10.0 Å². The van der Waals surface area contributed by atoms with E-state index in [1.165, 1.54) is 0 Å². The van der Waals surface area contributed by atoms with Crippen molar-refractivity contribution in [3.63, 3.8) is 0 Å². The van der Waals surface area contributed by atoms with Crippen LogP contribution < -0.4 is 10.0 Å². The molecule has 1 aromatic rings. The van der Waals surface area contributed by atoms with Gasteiger partial charge in [-0.05, 0) is 24.6 Å². The Bertz CT molecular complexity index is 584. The van der Waals surface area contributed by atoms with Crippen molar-refractivity contribution in [2.45, 2.75) is 13.5 Å². The Balaban J connectivity index is 0.00000242. The fourth-order valence-corrected chi connectivity index (χ4v) is 2.70. The van der Waals surface area contributed by atoms with Gasteiger partial charge in [-0.2, -0.15) is 0 Å². The molecule has 0 bridgehead atoms. The van der Waals surface area contributed by atoms with Gasteiger partial charge in [0.25, 0.3) is 5.91 Å². The van der Waals surface area contributed by atoms with Gasteiger partial charge in [-0.1, -0.05) is 12.1 Å². The van der Waals surface area contributed by atoms with E-state index in [1.54, 1.807) is 31.2 Å². The third-order valence-electron chi connectivity index (χ3n) is 3.48. The Kier molecular flexibility index (Phi) is 7.28. The number of carbonyl (C=O) groups is 1. The Morgan fingerprint density at radius 2 is 1.82 bits per heavy atom. The fourth-order valence-electron chi connectivity index (χ4n) is 2.11. The summed E-state index contributed by atoms with van der Waals surface area (Å²) >= 11 is 0. The molecule has 1 saturated heterocycles. The van der Waals surface area contributed by atoms with Crippen molar-refractivity contribution in [2.24, 2.45) is 0 Å². The quantitative estimate of drug-likeness (QED) is 0.817. The Morgan fingerprint density at radius 3 is 2.36 bits per heavy atom. The second kappa shape index (κ2) is 8.47. The van der Waals surface area contributed by atoms with Gasteiger partial charge in [0.05, 0.1) is 5.75 Å². The summed E-state index contributed by atoms with van der Waals surface area (Å²) in [5.41, 5.74) is 1.47. The Morgan fingerprint density at radius 1 is 1.23 bits per heavy atom. The summed E-state index contributed by atoms with van der Waals surface area (Å²) in [6, 6.07) is 7.07. The number of sulfonamides is 1. The second-order valence-corrected chi connectivity index (χ2v) is 7.06. The number of hydrogen-bond acceptors (Lipinski definition) is 4. The van der Waals surface area contributed by atoms with Crippen LogP contribution in [0.1, 0.15) is 22.8 Å². The Hall–Kier alpha value is -1.15. The van der Waals surface area contributed by atoms with Crippen LogP contribution in [0.15, 0.2) is 24.3 Å². The highest BCUT2D eigenvalue weighted by Crippen LogP contribution is 2.09. The molecule has 0 radical (unpaired) electrons. The van der Waals surface area contributed by atoms with E-state index in [1.807, 2.05) is 4.90 Å². The SMILES string of the molecule is CCS(=O)(=O)NCc1ccc(C(=O)N2CCNCC2)cc1.Cl. The average molecular weight is 348 g/mol. The molecule has 6 nitrogen and oxygen atoms in total. The molecule has 0 aliphatic carbocycles. The molecule has 0 saturated carbocycles. The molecule has 1 amide bonds. The standard InChI is InChI=1S/C14H21N3O3S.ClH/c1-2-21(19,20)16-11-12-3-5-13(6-4-12)14(18)17-9-7-15-8-10-17;/h3-6,15-16H,2,7-11H2,1H3;1H. The smallest absolute Gasteiger partial charge is 0.253 e. The van der Waals surface area contributed by atoms with Crippen LogP contribution in [0.3, 0.4) is 0 Å². The summed E-state index contributed by atoms with van der Waals surface area (Å²) in [4.78, 5) is 14.1. The zero-order valence-electron chi connectivity index (χ0n) is 12.5. The maximum atomic E-state index is 12.3. The van der Waals surface area contributed by atoms with Crippen LogP contribution in [0.4, 0.5) is 0 Å². The van der Waals surface area contributed by atoms with Crippen molar-refractivity contribution in [2.75, 3.05) is 31.9 Å². The lowest BCUT2D eigenvalue weighted by molar-refractivity contribution is 0.0736. The van der Waals surface area contributed by atoms with Crippen LogP contribution in [0.5, 0.6) is 0 Å². The summed E-state index contributed by atoms with van der Waals surface area (Å²) in [6.07, 6.45) is 0. The van der Waals surface area contributed by atoms with Crippen LogP contribution in [0.25, 0.3) is 0 Å². The minimum atomic E-state index is -3.19. The molecule has 1 aliphatic heterocycles. The predicted molar refractivity (Wildman–Crippen MR) is 88.8 cm³/mol. The van der Waals surface area contributed by atoms with E-state index < -0.39 is 10.0 Å². The molecule has 0 spiro atoms. The van der Waals surface area contributed by atoms with Crippen LogP contribution in [0, 0.1) is 0 Å². The molecule has 1 fully saturated rings. The highest BCUT2D eigenvalue weighted by molar-refractivity contribution is 7.89. The van der Waals surface area contributed by atoms with Crippen molar-refractivity contribution in [1.29, 1.82) is 0 Å². The minimum Gasteiger partial charge on any atom is -0.336 e. The van der Waals surface area contributed by atoms with Crippen LogP contribution >= 0.6 is 12.4 Å². The van der Waals surface area contributed by atoms with Gasteiger partial charge < -0.3 is 10.2 Å². The number of piperazine rings is 1. The first-order valence-electron chi connectivity index (χ1n) is 7.08. The number of carbonyl (C=O) groups excluding carboxylic acids is 1. The summed E-state index contributed by atoms with van der Waals surface area (Å²) in [5, 5.41) is 3.21. The third kappa shape index (κ3) is 5.24. The number of halogens is 1. The van der Waals surface area contributed by atoms with E-state index in [-0.39, 0.29) is 30.6 Å². The van der Waals surface area contributed by atoms with Gasteiger partial charge >= 0.3 is 0 Å². The Labute approximate surface area is 137 Å². The molecular weight excluding hydrogens is 326 g/mol. The average Bonchev–Trinajstić information content (AvgIpc) is 2.54. The molecule has 1 heterocycles. The van der Waals surface area contributed by atoms with Gasteiger partial charge in [-0.25, -0.2) is 13.1 Å². The monoisotopic (exact) mass is 347 g/mol. The van der Waals surface area contributed by atoms with E-state index in [0.717, 1.165) is 31.7 Å². The molecule has 2 rings (SSSR count). The summed E-state index contributed by atoms with van der Waals surface area (Å²) < 4.78 is 25.3. The van der Waals surface area contributed by atoms with Crippen molar-refractivity contribution in [3.8, 4) is 0 Å². The fraction of sp³-hybridized carbons (Fsp3) is 0.500. The molecule has 8 heteroatoms. The van der Waals surface area contributed by atoms with Crippen LogP contribution in [-0.4, -0.2) is 51.2 Å². The first-order chi connectivity index (χ1) is 10.0. The molecule has 0 atom stereocenters. The molecule has 22 heavy (non-hydrogen) atoms. The molecule has 124 valence electrons. The molecule has 2 N–H and O–H groups in total. The minimum absolute atomic E-state index is 0. The van der Waals surface area contributed by atoms with Gasteiger partial charge in [0.1, 0.15) is 0 Å². The molecule has 0 unspecified atom stereocenters. The van der Waals surface area contributed by atoms with Gasteiger partial charge in [-0.3, -0.25) is 4.79 Å². The van der Waals surface area contributed by atoms with E-state index in [0.29, 0.717) is 5.56 Å². The highest BCUT2D eigenvalue weighted by Gasteiger charge is 2.17. The van der Waals surface area contributed by atoms with Gasteiger partial charge in [0.15, 0.2) is 0 Å². The molecule has 0 aromatic heterocycles. The lowest BCUT2D eigenvalue weighted by atomic mass is 10.1. The van der Waals surface area contributed by atoms with Crippen LogP contribution in [-0.2, 0) is 16.6 Å².